The van der Waals surface area contributed by atoms with E-state index in [1.807, 2.05) is 37.3 Å². The fraction of sp³-hybridized carbons (Fsp3) is 0.571. The Morgan fingerprint density at radius 3 is 2.18 bits per heavy atom. The minimum atomic E-state index is -0.970. The van der Waals surface area contributed by atoms with Gasteiger partial charge in [-0.1, -0.05) is 37.3 Å². The summed E-state index contributed by atoms with van der Waals surface area (Å²) >= 11 is 0. The van der Waals surface area contributed by atoms with E-state index >= 15 is 0 Å². The van der Waals surface area contributed by atoms with Crippen LogP contribution in [-0.4, -0.2) is 36.2 Å². The van der Waals surface area contributed by atoms with Crippen LogP contribution in [0.25, 0.3) is 0 Å². The van der Waals surface area contributed by atoms with Crippen LogP contribution < -0.4 is 10.6 Å². The fourth-order valence-electron chi connectivity index (χ4n) is 2.55. The summed E-state index contributed by atoms with van der Waals surface area (Å²) < 4.78 is 10.2. The first-order valence-electron chi connectivity index (χ1n) is 9.55. The third-order valence-corrected chi connectivity index (χ3v) is 3.96. The number of hydrogen-bond donors (Lipinski definition) is 2. The van der Waals surface area contributed by atoms with E-state index in [0.29, 0.717) is 0 Å². The second kappa shape index (κ2) is 10.7. The summed E-state index contributed by atoms with van der Waals surface area (Å²) in [4.78, 5) is 36.8. The van der Waals surface area contributed by atoms with Crippen molar-refractivity contribution in [3.63, 3.8) is 0 Å². The van der Waals surface area contributed by atoms with Crippen molar-refractivity contribution in [1.82, 2.24) is 10.6 Å². The molecule has 3 atom stereocenters. The zero-order valence-corrected chi connectivity index (χ0v) is 17.6. The molecule has 0 aromatic heterocycles. The number of esters is 1. The predicted octanol–water partition coefficient (Wildman–Crippen LogP) is 3.35. The molecule has 28 heavy (non-hydrogen) atoms. The molecular formula is C21H32N2O5. The molecule has 2 amide bonds. The summed E-state index contributed by atoms with van der Waals surface area (Å²) in [7, 11) is 0. The zero-order valence-electron chi connectivity index (χ0n) is 17.6. The highest BCUT2D eigenvalue weighted by Gasteiger charge is 2.29. The largest absolute Gasteiger partial charge is 0.464 e. The van der Waals surface area contributed by atoms with Crippen molar-refractivity contribution in [3.8, 4) is 0 Å². The smallest absolute Gasteiger partial charge is 0.408 e. The molecule has 0 heterocycles. The maximum atomic E-state index is 12.6. The Labute approximate surface area is 167 Å². The maximum Gasteiger partial charge on any atom is 0.408 e. The van der Waals surface area contributed by atoms with Gasteiger partial charge >= 0.3 is 12.1 Å². The summed E-state index contributed by atoms with van der Waals surface area (Å²) in [5, 5.41) is 5.44. The normalized spacial score (nSPS) is 14.4. The van der Waals surface area contributed by atoms with Crippen LogP contribution in [0, 0.1) is 5.92 Å². The lowest BCUT2D eigenvalue weighted by molar-refractivity contribution is -0.146. The Balaban J connectivity index is 2.73. The summed E-state index contributed by atoms with van der Waals surface area (Å²) in [5.74, 6) is -1.32. The summed E-state index contributed by atoms with van der Waals surface area (Å²) in [6.07, 6.45) is -0.623. The zero-order chi connectivity index (χ0) is 21.3. The summed E-state index contributed by atoms with van der Waals surface area (Å²) in [6.45, 7) is 10.6. The van der Waals surface area contributed by atoms with E-state index in [-0.39, 0.29) is 25.0 Å². The van der Waals surface area contributed by atoms with Gasteiger partial charge in [-0.25, -0.2) is 9.59 Å². The third-order valence-electron chi connectivity index (χ3n) is 3.96. The van der Waals surface area contributed by atoms with Gasteiger partial charge in [-0.2, -0.15) is 0 Å². The molecule has 0 radical (unpaired) electrons. The molecule has 0 saturated heterocycles. The Morgan fingerprint density at radius 2 is 1.64 bits per heavy atom. The molecule has 7 heteroatoms. The van der Waals surface area contributed by atoms with Crippen LogP contribution >= 0.6 is 0 Å². The Bertz CT molecular complexity index is 655. The van der Waals surface area contributed by atoms with Gasteiger partial charge in [0.05, 0.1) is 12.6 Å². The van der Waals surface area contributed by atoms with Gasteiger partial charge in [0.15, 0.2) is 0 Å². The molecule has 0 fully saturated rings. The third kappa shape index (κ3) is 8.41. The van der Waals surface area contributed by atoms with E-state index < -0.39 is 29.6 Å². The quantitative estimate of drug-likeness (QED) is 0.662. The van der Waals surface area contributed by atoms with Crippen molar-refractivity contribution in [2.24, 2.45) is 5.92 Å². The van der Waals surface area contributed by atoms with Crippen molar-refractivity contribution in [3.05, 3.63) is 35.9 Å². The van der Waals surface area contributed by atoms with Gasteiger partial charge in [-0.15, -0.1) is 0 Å². The molecule has 156 valence electrons. The average molecular weight is 392 g/mol. The van der Waals surface area contributed by atoms with Gasteiger partial charge in [0.1, 0.15) is 11.6 Å². The van der Waals surface area contributed by atoms with Crippen molar-refractivity contribution in [2.45, 2.75) is 65.6 Å². The molecule has 0 bridgehead atoms. The standard InChI is InChI=1S/C21H32N2O5/c1-7-27-19(25)17(23-20(26)28-21(4,5)6)13-14(2)18(24)22-15(3)16-11-9-8-10-12-16/h8-12,14-15,17H,7,13H2,1-6H3,(H,22,24)(H,23,26)/t14?,15?,17-/m0/s1. The lowest BCUT2D eigenvalue weighted by atomic mass is 9.99. The number of nitrogens with one attached hydrogen (secondary N) is 2. The summed E-state index contributed by atoms with van der Waals surface area (Å²) in [6, 6.07) is 8.44. The topological polar surface area (TPSA) is 93.7 Å². The molecule has 2 N–H and O–H groups in total. The van der Waals surface area contributed by atoms with Crippen molar-refractivity contribution in [2.75, 3.05) is 6.61 Å². The molecule has 7 nitrogen and oxygen atoms in total. The van der Waals surface area contributed by atoms with Gasteiger partial charge in [0.25, 0.3) is 0 Å². The Morgan fingerprint density at radius 1 is 1.04 bits per heavy atom. The number of benzene rings is 1. The van der Waals surface area contributed by atoms with Gasteiger partial charge in [0.2, 0.25) is 5.91 Å². The van der Waals surface area contributed by atoms with Crippen LogP contribution in [0.4, 0.5) is 4.79 Å². The average Bonchev–Trinajstić information content (AvgIpc) is 2.60. The van der Waals surface area contributed by atoms with Gasteiger partial charge in [0, 0.05) is 5.92 Å². The number of rotatable bonds is 8. The van der Waals surface area contributed by atoms with Gasteiger partial charge < -0.3 is 20.1 Å². The van der Waals surface area contributed by atoms with Crippen molar-refractivity contribution < 1.29 is 23.9 Å². The van der Waals surface area contributed by atoms with Crippen LogP contribution in [0.3, 0.4) is 0 Å². The molecular weight excluding hydrogens is 360 g/mol. The lowest BCUT2D eigenvalue weighted by Crippen LogP contribution is -2.46. The number of hydrogen-bond acceptors (Lipinski definition) is 5. The first kappa shape index (κ1) is 23.5. The van der Waals surface area contributed by atoms with Crippen LogP contribution in [0.1, 0.15) is 59.6 Å². The molecule has 0 spiro atoms. The molecule has 2 unspecified atom stereocenters. The second-order valence-corrected chi connectivity index (χ2v) is 7.73. The fourth-order valence-corrected chi connectivity index (χ4v) is 2.55. The number of alkyl carbamates (subject to hydrolysis) is 1. The van der Waals surface area contributed by atoms with Gasteiger partial charge in [-0.05, 0) is 46.6 Å². The SMILES string of the molecule is CCOC(=O)[C@H](CC(C)C(=O)NC(C)c1ccccc1)NC(=O)OC(C)(C)C. The molecule has 0 aliphatic rings. The predicted molar refractivity (Wildman–Crippen MR) is 107 cm³/mol. The van der Waals surface area contributed by atoms with Crippen LogP contribution in [0.5, 0.6) is 0 Å². The number of carbonyl (C=O) groups excluding carboxylic acids is 3. The van der Waals surface area contributed by atoms with E-state index in [1.165, 1.54) is 0 Å². The highest BCUT2D eigenvalue weighted by molar-refractivity contribution is 5.84. The van der Waals surface area contributed by atoms with E-state index in [9.17, 15) is 14.4 Å². The number of carbonyl (C=O) groups is 3. The Hall–Kier alpha value is -2.57. The molecule has 0 aliphatic heterocycles. The molecule has 0 saturated carbocycles. The highest BCUT2D eigenvalue weighted by atomic mass is 16.6. The molecule has 1 rings (SSSR count). The minimum absolute atomic E-state index is 0.103. The lowest BCUT2D eigenvalue weighted by Gasteiger charge is -2.24. The van der Waals surface area contributed by atoms with E-state index in [0.717, 1.165) is 5.56 Å². The van der Waals surface area contributed by atoms with E-state index in [1.54, 1.807) is 34.6 Å². The highest BCUT2D eigenvalue weighted by Crippen LogP contribution is 2.15. The van der Waals surface area contributed by atoms with Crippen LogP contribution in [-0.2, 0) is 19.1 Å². The monoisotopic (exact) mass is 392 g/mol. The van der Waals surface area contributed by atoms with Crippen LogP contribution in [0.15, 0.2) is 30.3 Å². The molecule has 1 aromatic rings. The molecule has 0 aliphatic carbocycles. The first-order valence-corrected chi connectivity index (χ1v) is 9.55. The first-order chi connectivity index (χ1) is 13.0. The van der Waals surface area contributed by atoms with E-state index in [4.69, 9.17) is 9.47 Å². The Kier molecular flexibility index (Phi) is 8.96. The number of ether oxygens (including phenoxy) is 2. The van der Waals surface area contributed by atoms with Crippen molar-refractivity contribution in [1.29, 1.82) is 0 Å². The second-order valence-electron chi connectivity index (χ2n) is 7.73. The van der Waals surface area contributed by atoms with Gasteiger partial charge in [-0.3, -0.25) is 4.79 Å². The summed E-state index contributed by atoms with van der Waals surface area (Å²) in [5.41, 5.74) is 0.286. The van der Waals surface area contributed by atoms with Crippen LogP contribution in [0.2, 0.25) is 0 Å². The van der Waals surface area contributed by atoms with E-state index in [2.05, 4.69) is 10.6 Å². The maximum absolute atomic E-state index is 12.6. The van der Waals surface area contributed by atoms with Crippen molar-refractivity contribution >= 4 is 18.0 Å². The molecule has 1 aromatic carbocycles. The minimum Gasteiger partial charge on any atom is -0.464 e. The number of amides is 2.